The average molecular weight is 415 g/mol. The minimum Gasteiger partial charge on any atom is -0.503 e. The second kappa shape index (κ2) is 6.38. The van der Waals surface area contributed by atoms with Crippen LogP contribution < -0.4 is 10.7 Å². The average Bonchev–Trinajstić information content (AvgIpc) is 3.18. The zero-order valence-electron chi connectivity index (χ0n) is 16.1. The van der Waals surface area contributed by atoms with Crippen molar-refractivity contribution in [2.45, 2.75) is 44.9 Å². The normalized spacial score (nSPS) is 23.6. The molecule has 2 N–H and O–H groups in total. The number of halogens is 2. The van der Waals surface area contributed by atoms with Gasteiger partial charge in [-0.3, -0.25) is 14.4 Å². The molecule has 6 rings (SSSR count). The molecule has 7 nitrogen and oxygen atoms in total. The van der Waals surface area contributed by atoms with Gasteiger partial charge in [0.1, 0.15) is 17.2 Å². The maximum Gasteiger partial charge on any atom is 0.275 e. The highest BCUT2D eigenvalue weighted by molar-refractivity contribution is 5.99. The van der Waals surface area contributed by atoms with Crippen molar-refractivity contribution in [3.8, 4) is 5.75 Å². The van der Waals surface area contributed by atoms with E-state index in [9.17, 15) is 28.3 Å². The van der Waals surface area contributed by atoms with Crippen LogP contribution in [0.3, 0.4) is 0 Å². The standard InChI is InChI=1S/C21H19F2N3O4/c1-9-2-14(22)12(15(23)3-9)6-24-20(29)13-7-25-8-16-10-4-11(5-10)26(16)21(30)17(25)19(28)18(13)27/h2-3,7,10-11,16,28H,4-6,8H2,1H3,(H,24,29)/t10?,11?,16-/m1/s1. The Hall–Kier alpha value is -3.23. The molecule has 4 aliphatic rings. The topological polar surface area (TPSA) is 91.6 Å². The number of amides is 2. The third-order valence-electron chi connectivity index (χ3n) is 6.48. The van der Waals surface area contributed by atoms with Crippen LogP contribution in [-0.4, -0.2) is 38.5 Å². The molecule has 0 radical (unpaired) electrons. The number of benzene rings is 1. The van der Waals surface area contributed by atoms with Crippen molar-refractivity contribution < 1.29 is 23.5 Å². The maximum absolute atomic E-state index is 14.0. The molecule has 1 saturated carbocycles. The van der Waals surface area contributed by atoms with Crippen molar-refractivity contribution in [1.29, 1.82) is 0 Å². The molecule has 2 amide bonds. The highest BCUT2D eigenvalue weighted by Gasteiger charge is 2.55. The van der Waals surface area contributed by atoms with Crippen LogP contribution in [0.5, 0.6) is 5.75 Å². The van der Waals surface area contributed by atoms with Gasteiger partial charge in [0.25, 0.3) is 11.8 Å². The minimum atomic E-state index is -0.984. The lowest BCUT2D eigenvalue weighted by Crippen LogP contribution is -2.46. The number of hydrogen-bond donors (Lipinski definition) is 2. The summed E-state index contributed by atoms with van der Waals surface area (Å²) < 4.78 is 29.5. The Morgan fingerprint density at radius 1 is 1.23 bits per heavy atom. The first-order valence-corrected chi connectivity index (χ1v) is 9.78. The molecule has 1 atom stereocenters. The van der Waals surface area contributed by atoms with Gasteiger partial charge < -0.3 is 19.9 Å². The first-order valence-electron chi connectivity index (χ1n) is 9.78. The fourth-order valence-electron chi connectivity index (χ4n) is 4.89. The summed E-state index contributed by atoms with van der Waals surface area (Å²) in [7, 11) is 0. The molecule has 0 unspecified atom stereocenters. The highest BCUT2D eigenvalue weighted by atomic mass is 19.1. The van der Waals surface area contributed by atoms with Crippen molar-refractivity contribution in [1.82, 2.24) is 14.8 Å². The molecule has 2 saturated heterocycles. The Balaban J connectivity index is 1.44. The minimum absolute atomic E-state index is 0.0106. The number of aryl methyl sites for hydroxylation is 1. The summed E-state index contributed by atoms with van der Waals surface area (Å²) in [5, 5.41) is 12.7. The van der Waals surface area contributed by atoms with E-state index in [0.717, 1.165) is 25.0 Å². The van der Waals surface area contributed by atoms with Crippen LogP contribution in [0.4, 0.5) is 8.78 Å². The van der Waals surface area contributed by atoms with E-state index in [2.05, 4.69) is 5.32 Å². The van der Waals surface area contributed by atoms with Gasteiger partial charge in [-0.15, -0.1) is 0 Å². The Labute approximate surface area is 169 Å². The van der Waals surface area contributed by atoms with Gasteiger partial charge in [0.15, 0.2) is 11.4 Å². The smallest absolute Gasteiger partial charge is 0.275 e. The van der Waals surface area contributed by atoms with E-state index in [4.69, 9.17) is 0 Å². The fraction of sp³-hybridized carbons (Fsp3) is 0.381. The summed E-state index contributed by atoms with van der Waals surface area (Å²) in [6.45, 7) is 1.47. The maximum atomic E-state index is 14.0. The summed E-state index contributed by atoms with van der Waals surface area (Å²) in [6, 6.07) is 2.43. The van der Waals surface area contributed by atoms with Gasteiger partial charge in [-0.05, 0) is 43.4 Å². The number of aromatic nitrogens is 1. The lowest BCUT2D eigenvalue weighted by Gasteiger charge is -2.33. The molecule has 9 heteroatoms. The van der Waals surface area contributed by atoms with Crippen LogP contribution in [0.1, 0.15) is 44.8 Å². The molecule has 3 fully saturated rings. The number of pyridine rings is 1. The van der Waals surface area contributed by atoms with E-state index in [1.54, 1.807) is 11.8 Å². The van der Waals surface area contributed by atoms with Crippen LogP contribution in [0.2, 0.25) is 0 Å². The lowest BCUT2D eigenvalue weighted by atomic mass is 9.83. The third kappa shape index (κ3) is 2.57. The summed E-state index contributed by atoms with van der Waals surface area (Å²) >= 11 is 0. The monoisotopic (exact) mass is 415 g/mol. The molecule has 2 bridgehead atoms. The molecule has 1 aromatic carbocycles. The largest absolute Gasteiger partial charge is 0.503 e. The van der Waals surface area contributed by atoms with Gasteiger partial charge in [0.2, 0.25) is 5.43 Å². The van der Waals surface area contributed by atoms with Crippen LogP contribution in [0, 0.1) is 24.5 Å². The summed E-state index contributed by atoms with van der Waals surface area (Å²) in [6.07, 6.45) is 3.08. The number of fused-ring (bicyclic) bond motifs is 1. The van der Waals surface area contributed by atoms with Crippen LogP contribution in [0.15, 0.2) is 23.1 Å². The van der Waals surface area contributed by atoms with E-state index in [-0.39, 0.29) is 28.9 Å². The number of nitrogens with one attached hydrogen (secondary N) is 1. The van der Waals surface area contributed by atoms with Crippen molar-refractivity contribution >= 4 is 11.8 Å². The predicted octanol–water partition coefficient (Wildman–Crippen LogP) is 1.69. The number of carbonyl (C=O) groups is 2. The van der Waals surface area contributed by atoms with E-state index in [0.29, 0.717) is 18.0 Å². The predicted molar refractivity (Wildman–Crippen MR) is 101 cm³/mol. The van der Waals surface area contributed by atoms with E-state index >= 15 is 0 Å². The van der Waals surface area contributed by atoms with Crippen LogP contribution >= 0.6 is 0 Å². The Morgan fingerprint density at radius 3 is 2.57 bits per heavy atom. The Kier molecular flexibility index (Phi) is 4.00. The lowest BCUT2D eigenvalue weighted by molar-refractivity contribution is 0.0632. The first-order chi connectivity index (χ1) is 14.3. The van der Waals surface area contributed by atoms with E-state index < -0.39 is 41.2 Å². The number of rotatable bonds is 3. The summed E-state index contributed by atoms with van der Waals surface area (Å²) in [5.41, 5.74) is -1.40. The van der Waals surface area contributed by atoms with Crippen molar-refractivity contribution in [3.63, 3.8) is 0 Å². The number of nitrogens with zero attached hydrogens (tertiary/aromatic N) is 2. The van der Waals surface area contributed by atoms with Gasteiger partial charge in [-0.25, -0.2) is 8.78 Å². The molecule has 1 aromatic heterocycles. The quantitative estimate of drug-likeness (QED) is 0.798. The summed E-state index contributed by atoms with van der Waals surface area (Å²) in [4.78, 5) is 39.7. The van der Waals surface area contributed by atoms with E-state index in [1.165, 1.54) is 10.8 Å². The molecular weight excluding hydrogens is 396 g/mol. The van der Waals surface area contributed by atoms with Gasteiger partial charge in [0, 0.05) is 30.9 Å². The molecule has 0 spiro atoms. The van der Waals surface area contributed by atoms with Gasteiger partial charge in [-0.1, -0.05) is 0 Å². The zero-order valence-corrected chi connectivity index (χ0v) is 16.1. The first kappa shape index (κ1) is 18.8. The molecule has 30 heavy (non-hydrogen) atoms. The van der Waals surface area contributed by atoms with Gasteiger partial charge >= 0.3 is 0 Å². The molecule has 4 heterocycles. The fourth-order valence-corrected chi connectivity index (χ4v) is 4.89. The molecule has 2 aromatic rings. The SMILES string of the molecule is Cc1cc(F)c(CNC(=O)c2cn3c(c(O)c2=O)C(=O)N2C4CC(C4)[C@H]2C3)c(F)c1. The van der Waals surface area contributed by atoms with Crippen LogP contribution in [-0.2, 0) is 13.1 Å². The number of hydrogen-bond acceptors (Lipinski definition) is 4. The number of carbonyl (C=O) groups excluding carboxylic acids is 2. The highest BCUT2D eigenvalue weighted by Crippen LogP contribution is 2.49. The van der Waals surface area contributed by atoms with E-state index in [1.807, 2.05) is 0 Å². The molecule has 1 aliphatic carbocycles. The third-order valence-corrected chi connectivity index (χ3v) is 6.48. The molecule has 156 valence electrons. The van der Waals surface area contributed by atoms with Crippen LogP contribution in [0.25, 0.3) is 0 Å². The number of aromatic hydroxyl groups is 1. The summed E-state index contributed by atoms with van der Waals surface area (Å²) in [5.74, 6) is -3.27. The van der Waals surface area contributed by atoms with Crippen molar-refractivity contribution in [2.24, 2.45) is 5.92 Å². The second-order valence-electron chi connectivity index (χ2n) is 8.28. The molecule has 3 aliphatic heterocycles. The van der Waals surface area contributed by atoms with Gasteiger partial charge in [-0.2, -0.15) is 0 Å². The Bertz CT molecular complexity index is 1150. The Morgan fingerprint density at radius 2 is 1.90 bits per heavy atom. The van der Waals surface area contributed by atoms with Crippen molar-refractivity contribution in [2.75, 3.05) is 0 Å². The van der Waals surface area contributed by atoms with Gasteiger partial charge in [0.05, 0.1) is 6.04 Å². The van der Waals surface area contributed by atoms with Crippen molar-refractivity contribution in [3.05, 3.63) is 62.6 Å². The zero-order chi connectivity index (χ0) is 21.3. The second-order valence-corrected chi connectivity index (χ2v) is 8.28. The molecular formula is C21H19F2N3O4.